The minimum atomic E-state index is -4.63. The maximum absolute atomic E-state index is 13.0. The zero-order valence-electron chi connectivity index (χ0n) is 19.7. The lowest BCUT2D eigenvalue weighted by atomic mass is 10.2. The largest absolute Gasteiger partial charge is 0.416 e. The zero-order valence-corrected chi connectivity index (χ0v) is 19.7. The summed E-state index contributed by atoms with van der Waals surface area (Å²) in [4.78, 5) is 27.7. The molecule has 0 saturated carbocycles. The van der Waals surface area contributed by atoms with Crippen molar-refractivity contribution in [3.63, 3.8) is 0 Å². The van der Waals surface area contributed by atoms with E-state index in [-0.39, 0.29) is 50.4 Å². The first-order valence-electron chi connectivity index (χ1n) is 11.1. The molecule has 4 amide bonds. The standard InChI is InChI=1S/C24H22F6N6O2/c25-23(26,27)17-5-1-7-19(15-17)33-21(37)35(11-3-9-31)13-14-36(12-4-10-32)22(38)34-20-8-2-6-18(16-20)24(28,29)30/h1-2,5-8,15-16H,3-4,11-14H2,(H,33,37)(H,34,38). The number of halogens is 6. The number of anilines is 2. The van der Waals surface area contributed by atoms with E-state index in [1.807, 2.05) is 12.1 Å². The molecule has 0 spiro atoms. The van der Waals surface area contributed by atoms with Gasteiger partial charge in [-0.25, -0.2) is 9.59 Å². The van der Waals surface area contributed by atoms with E-state index in [2.05, 4.69) is 10.6 Å². The van der Waals surface area contributed by atoms with Gasteiger partial charge in [-0.2, -0.15) is 36.9 Å². The van der Waals surface area contributed by atoms with E-state index in [1.165, 1.54) is 12.1 Å². The molecule has 38 heavy (non-hydrogen) atoms. The Labute approximate surface area is 214 Å². The topological polar surface area (TPSA) is 112 Å². The molecule has 0 bridgehead atoms. The van der Waals surface area contributed by atoms with Gasteiger partial charge in [0.2, 0.25) is 0 Å². The Morgan fingerprint density at radius 1 is 0.684 bits per heavy atom. The molecular weight excluding hydrogens is 518 g/mol. The molecule has 0 saturated heterocycles. The third kappa shape index (κ3) is 9.20. The van der Waals surface area contributed by atoms with E-state index in [1.54, 1.807) is 0 Å². The van der Waals surface area contributed by atoms with Gasteiger partial charge in [-0.3, -0.25) is 0 Å². The first kappa shape index (κ1) is 29.8. The number of amides is 4. The van der Waals surface area contributed by atoms with E-state index in [0.717, 1.165) is 46.2 Å². The lowest BCUT2D eigenvalue weighted by molar-refractivity contribution is -0.138. The Balaban J connectivity index is 2.14. The molecule has 0 fully saturated rings. The number of alkyl halides is 6. The van der Waals surface area contributed by atoms with Crippen molar-refractivity contribution < 1.29 is 35.9 Å². The second kappa shape index (κ2) is 13.2. The normalized spacial score (nSPS) is 11.2. The molecule has 0 heterocycles. The van der Waals surface area contributed by atoms with Crippen LogP contribution in [0.4, 0.5) is 47.3 Å². The molecular formula is C24H22F6N6O2. The highest BCUT2D eigenvalue weighted by Crippen LogP contribution is 2.31. The van der Waals surface area contributed by atoms with Gasteiger partial charge in [-0.1, -0.05) is 12.1 Å². The number of carbonyl (C=O) groups is 2. The first-order chi connectivity index (χ1) is 17.8. The first-order valence-corrected chi connectivity index (χ1v) is 11.1. The molecule has 202 valence electrons. The maximum atomic E-state index is 13.0. The lowest BCUT2D eigenvalue weighted by Crippen LogP contribution is -2.44. The molecule has 2 N–H and O–H groups in total. The molecule has 8 nitrogen and oxygen atoms in total. The molecule has 0 atom stereocenters. The summed E-state index contributed by atoms with van der Waals surface area (Å²) in [5.41, 5.74) is -2.24. The van der Waals surface area contributed by atoms with Crippen molar-refractivity contribution in [1.82, 2.24) is 9.80 Å². The summed E-state index contributed by atoms with van der Waals surface area (Å²) >= 11 is 0. The Morgan fingerprint density at radius 3 is 1.37 bits per heavy atom. The molecule has 0 aliphatic rings. The number of carbonyl (C=O) groups excluding carboxylic acids is 2. The average molecular weight is 540 g/mol. The van der Waals surface area contributed by atoms with Crippen molar-refractivity contribution in [1.29, 1.82) is 10.5 Å². The summed E-state index contributed by atoms with van der Waals surface area (Å²) in [7, 11) is 0. The van der Waals surface area contributed by atoms with Crippen LogP contribution in [0, 0.1) is 22.7 Å². The SMILES string of the molecule is N#CCCN(CCN(CCC#N)C(=O)Nc1cccc(C(F)(F)F)c1)C(=O)Nc1cccc(C(F)(F)F)c1. The highest BCUT2D eigenvalue weighted by atomic mass is 19.4. The Hall–Kier alpha value is -4.46. The van der Waals surface area contributed by atoms with Crippen LogP contribution < -0.4 is 10.6 Å². The van der Waals surface area contributed by atoms with Crippen LogP contribution >= 0.6 is 0 Å². The fraction of sp³-hybridized carbons (Fsp3) is 0.333. The van der Waals surface area contributed by atoms with Gasteiger partial charge in [-0.05, 0) is 36.4 Å². The van der Waals surface area contributed by atoms with Gasteiger partial charge in [0.1, 0.15) is 0 Å². The maximum Gasteiger partial charge on any atom is 0.416 e. The van der Waals surface area contributed by atoms with Gasteiger partial charge in [0.15, 0.2) is 0 Å². The van der Waals surface area contributed by atoms with E-state index >= 15 is 0 Å². The number of nitrogens with zero attached hydrogens (tertiary/aromatic N) is 4. The molecule has 2 rings (SSSR count). The van der Waals surface area contributed by atoms with Crippen LogP contribution in [0.25, 0.3) is 0 Å². The van der Waals surface area contributed by atoms with E-state index in [4.69, 9.17) is 10.5 Å². The molecule has 0 aromatic heterocycles. The summed E-state index contributed by atoms with van der Waals surface area (Å²) in [5, 5.41) is 22.5. The zero-order chi connectivity index (χ0) is 28.3. The highest BCUT2D eigenvalue weighted by molar-refractivity contribution is 5.90. The number of hydrogen-bond acceptors (Lipinski definition) is 4. The van der Waals surface area contributed by atoms with Gasteiger partial charge in [0.05, 0.1) is 36.1 Å². The van der Waals surface area contributed by atoms with Gasteiger partial charge >= 0.3 is 24.4 Å². The van der Waals surface area contributed by atoms with Crippen LogP contribution in [0.5, 0.6) is 0 Å². The number of hydrogen-bond donors (Lipinski definition) is 2. The molecule has 0 unspecified atom stereocenters. The number of nitriles is 2. The Kier molecular flexibility index (Phi) is 10.3. The van der Waals surface area contributed by atoms with Crippen molar-refractivity contribution in [2.75, 3.05) is 36.8 Å². The van der Waals surface area contributed by atoms with Gasteiger partial charge in [0, 0.05) is 37.6 Å². The number of nitrogens with one attached hydrogen (secondary N) is 2. The van der Waals surface area contributed by atoms with Crippen molar-refractivity contribution in [2.24, 2.45) is 0 Å². The van der Waals surface area contributed by atoms with Crippen molar-refractivity contribution in [2.45, 2.75) is 25.2 Å². The molecule has 2 aromatic rings. The third-order valence-electron chi connectivity index (χ3n) is 5.08. The fourth-order valence-corrected chi connectivity index (χ4v) is 3.19. The lowest BCUT2D eigenvalue weighted by Gasteiger charge is -2.27. The van der Waals surface area contributed by atoms with Crippen molar-refractivity contribution in [3.8, 4) is 12.1 Å². The Bertz CT molecular complexity index is 1110. The minimum absolute atomic E-state index is 0.120. The second-order valence-electron chi connectivity index (χ2n) is 7.81. The van der Waals surface area contributed by atoms with Gasteiger partial charge < -0.3 is 20.4 Å². The van der Waals surface area contributed by atoms with Crippen LogP contribution in [-0.4, -0.2) is 48.0 Å². The minimum Gasteiger partial charge on any atom is -0.322 e. The van der Waals surface area contributed by atoms with Crippen LogP contribution in [0.1, 0.15) is 24.0 Å². The van der Waals surface area contributed by atoms with Gasteiger partial charge in [0.25, 0.3) is 0 Å². The summed E-state index contributed by atoms with van der Waals surface area (Å²) in [6.45, 7) is -0.618. The number of rotatable bonds is 9. The predicted octanol–water partition coefficient (Wildman–Crippen LogP) is 5.92. The van der Waals surface area contributed by atoms with Crippen molar-refractivity contribution in [3.05, 3.63) is 59.7 Å². The second-order valence-corrected chi connectivity index (χ2v) is 7.81. The number of urea groups is 2. The smallest absolute Gasteiger partial charge is 0.322 e. The molecule has 0 aliphatic heterocycles. The fourth-order valence-electron chi connectivity index (χ4n) is 3.19. The van der Waals surface area contributed by atoms with Crippen molar-refractivity contribution >= 4 is 23.4 Å². The van der Waals surface area contributed by atoms with E-state index in [9.17, 15) is 35.9 Å². The van der Waals surface area contributed by atoms with Crippen LogP contribution in [-0.2, 0) is 12.4 Å². The molecule has 0 aliphatic carbocycles. The summed E-state index contributed by atoms with van der Waals surface area (Å²) in [6, 6.07) is 9.87. The summed E-state index contributed by atoms with van der Waals surface area (Å²) in [5.74, 6) is 0. The summed E-state index contributed by atoms with van der Waals surface area (Å²) in [6.07, 6.45) is -9.50. The average Bonchev–Trinajstić information content (AvgIpc) is 2.85. The van der Waals surface area contributed by atoms with Crippen LogP contribution in [0.15, 0.2) is 48.5 Å². The Morgan fingerprint density at radius 2 is 1.05 bits per heavy atom. The highest BCUT2D eigenvalue weighted by Gasteiger charge is 2.31. The van der Waals surface area contributed by atoms with Gasteiger partial charge in [-0.15, -0.1) is 0 Å². The predicted molar refractivity (Wildman–Crippen MR) is 125 cm³/mol. The monoisotopic (exact) mass is 540 g/mol. The summed E-state index contributed by atoms with van der Waals surface area (Å²) < 4.78 is 77.8. The molecule has 2 aromatic carbocycles. The third-order valence-corrected chi connectivity index (χ3v) is 5.08. The quantitative estimate of drug-likeness (QED) is 0.385. The van der Waals surface area contributed by atoms with Crippen LogP contribution in [0.3, 0.4) is 0 Å². The van der Waals surface area contributed by atoms with E-state index < -0.39 is 35.5 Å². The molecule has 14 heteroatoms. The molecule has 0 radical (unpaired) electrons. The van der Waals surface area contributed by atoms with E-state index in [0.29, 0.717) is 0 Å². The number of benzene rings is 2. The van der Waals surface area contributed by atoms with Crippen LogP contribution in [0.2, 0.25) is 0 Å².